The molecule has 0 aliphatic heterocycles. The minimum Gasteiger partial charge on any atom is -0.355 e. The van der Waals surface area contributed by atoms with Gasteiger partial charge in [0.05, 0.1) is 11.0 Å². The van der Waals surface area contributed by atoms with Crippen molar-refractivity contribution in [2.45, 2.75) is 19.9 Å². The van der Waals surface area contributed by atoms with Crippen LogP contribution in [0.2, 0.25) is 5.02 Å². The van der Waals surface area contributed by atoms with E-state index in [9.17, 15) is 4.79 Å². The van der Waals surface area contributed by atoms with Crippen molar-refractivity contribution in [1.29, 1.82) is 0 Å². The summed E-state index contributed by atoms with van der Waals surface area (Å²) in [4.78, 5) is 16.2. The zero-order valence-electron chi connectivity index (χ0n) is 10.6. The van der Waals surface area contributed by atoms with Gasteiger partial charge in [0.2, 0.25) is 5.91 Å². The number of benzene rings is 1. The number of alkyl halides is 1. The van der Waals surface area contributed by atoms with Crippen LogP contribution in [0.25, 0.3) is 11.0 Å². The van der Waals surface area contributed by atoms with Crippen molar-refractivity contribution in [2.24, 2.45) is 0 Å². The van der Waals surface area contributed by atoms with Crippen LogP contribution < -0.4 is 5.32 Å². The van der Waals surface area contributed by atoms with Gasteiger partial charge < -0.3 is 9.88 Å². The number of hydrogen-bond acceptors (Lipinski definition) is 2. The van der Waals surface area contributed by atoms with E-state index in [1.54, 1.807) is 12.1 Å². The molecule has 102 valence electrons. The van der Waals surface area contributed by atoms with Crippen molar-refractivity contribution < 1.29 is 4.79 Å². The summed E-state index contributed by atoms with van der Waals surface area (Å²) < 4.78 is 1.89. The number of nitrogens with one attached hydrogen (secondary N) is 1. The fraction of sp³-hybridized carbons (Fsp3) is 0.385. The van der Waals surface area contributed by atoms with Crippen molar-refractivity contribution in [1.82, 2.24) is 14.9 Å². The van der Waals surface area contributed by atoms with E-state index < -0.39 is 0 Å². The Kier molecular flexibility index (Phi) is 4.66. The molecule has 19 heavy (non-hydrogen) atoms. The summed E-state index contributed by atoms with van der Waals surface area (Å²) in [7, 11) is 0. The van der Waals surface area contributed by atoms with Crippen molar-refractivity contribution in [3.05, 3.63) is 29.0 Å². The van der Waals surface area contributed by atoms with Crippen LogP contribution in [0.1, 0.15) is 12.7 Å². The number of nitrogens with zero attached hydrogens (tertiary/aromatic N) is 2. The average molecular weight is 300 g/mol. The number of aromatic nitrogens is 2. The maximum absolute atomic E-state index is 11.8. The van der Waals surface area contributed by atoms with Crippen molar-refractivity contribution in [3.63, 3.8) is 0 Å². The lowest BCUT2D eigenvalue weighted by atomic mass is 10.3. The van der Waals surface area contributed by atoms with Crippen LogP contribution in [0.5, 0.6) is 0 Å². The Morgan fingerprint density at radius 1 is 1.47 bits per heavy atom. The molecule has 2 aromatic rings. The molecule has 0 aliphatic rings. The number of amides is 1. The third-order valence-electron chi connectivity index (χ3n) is 2.78. The lowest BCUT2D eigenvalue weighted by molar-refractivity contribution is -0.121. The third kappa shape index (κ3) is 3.19. The van der Waals surface area contributed by atoms with E-state index in [1.165, 1.54) is 0 Å². The van der Waals surface area contributed by atoms with Crippen LogP contribution in [-0.4, -0.2) is 27.9 Å². The Morgan fingerprint density at radius 3 is 2.95 bits per heavy atom. The number of carbonyl (C=O) groups is 1. The molecule has 1 heterocycles. The van der Waals surface area contributed by atoms with Crippen LogP contribution in [-0.2, 0) is 17.8 Å². The van der Waals surface area contributed by atoms with Gasteiger partial charge in [-0.25, -0.2) is 4.98 Å². The number of halogens is 2. The van der Waals surface area contributed by atoms with Crippen molar-refractivity contribution in [2.75, 3.05) is 12.4 Å². The first-order valence-corrected chi connectivity index (χ1v) is 7.04. The van der Waals surface area contributed by atoms with Crippen molar-refractivity contribution >= 4 is 40.1 Å². The molecule has 1 aromatic heterocycles. The van der Waals surface area contributed by atoms with Crippen LogP contribution in [0.4, 0.5) is 0 Å². The average Bonchev–Trinajstić information content (AvgIpc) is 2.67. The molecule has 1 aromatic carbocycles. The Balaban J connectivity index is 2.42. The van der Waals surface area contributed by atoms with Gasteiger partial charge in [-0.15, -0.1) is 11.6 Å². The molecule has 0 fully saturated rings. The maximum Gasteiger partial charge on any atom is 0.239 e. The molecule has 0 spiro atoms. The molecule has 0 bridgehead atoms. The number of carbonyl (C=O) groups excluding carboxylic acids is 1. The minimum absolute atomic E-state index is 0.0347. The first-order chi connectivity index (χ1) is 9.15. The molecule has 0 saturated carbocycles. The van der Waals surface area contributed by atoms with Crippen molar-refractivity contribution in [3.8, 4) is 0 Å². The van der Waals surface area contributed by atoms with Crippen LogP contribution in [0, 0.1) is 0 Å². The second-order valence-corrected chi connectivity index (χ2v) is 4.95. The van der Waals surface area contributed by atoms with Gasteiger partial charge in [0, 0.05) is 23.9 Å². The van der Waals surface area contributed by atoms with Crippen LogP contribution in [0.3, 0.4) is 0 Å². The zero-order chi connectivity index (χ0) is 13.8. The van der Waals surface area contributed by atoms with E-state index in [-0.39, 0.29) is 12.5 Å². The highest BCUT2D eigenvalue weighted by atomic mass is 35.5. The van der Waals surface area contributed by atoms with Gasteiger partial charge in [-0.3, -0.25) is 4.79 Å². The first kappa shape index (κ1) is 14.2. The number of hydrogen-bond donors (Lipinski definition) is 1. The Labute approximate surface area is 121 Å². The Morgan fingerprint density at radius 2 is 2.26 bits per heavy atom. The summed E-state index contributed by atoms with van der Waals surface area (Å²) in [6.07, 6.45) is 0.618. The van der Waals surface area contributed by atoms with E-state index in [0.29, 0.717) is 23.9 Å². The number of rotatable bonds is 5. The normalized spacial score (nSPS) is 10.9. The summed E-state index contributed by atoms with van der Waals surface area (Å²) in [6.45, 7) is 2.75. The van der Waals surface area contributed by atoms with Gasteiger partial charge in [0.1, 0.15) is 12.4 Å². The standard InChI is InChI=1S/C13H15Cl2N3O/c1-2-16-13(19)8-18-11-4-3-9(15)7-10(11)17-12(18)5-6-14/h3-4,7H,2,5-6,8H2,1H3,(H,16,19). The Bertz CT molecular complexity index is 595. The fourth-order valence-electron chi connectivity index (χ4n) is 2.00. The van der Waals surface area contributed by atoms with Crippen LogP contribution >= 0.6 is 23.2 Å². The molecule has 1 amide bonds. The van der Waals surface area contributed by atoms with Gasteiger partial charge in [-0.1, -0.05) is 11.6 Å². The highest BCUT2D eigenvalue weighted by Crippen LogP contribution is 2.21. The van der Waals surface area contributed by atoms with Crippen LogP contribution in [0.15, 0.2) is 18.2 Å². The predicted molar refractivity (Wildman–Crippen MR) is 77.9 cm³/mol. The minimum atomic E-state index is -0.0347. The number of likely N-dealkylation sites (N-methyl/N-ethyl adjacent to an activating group) is 1. The smallest absolute Gasteiger partial charge is 0.239 e. The molecule has 0 atom stereocenters. The van der Waals surface area contributed by atoms with E-state index in [0.717, 1.165) is 16.9 Å². The number of imidazole rings is 1. The summed E-state index contributed by atoms with van der Waals surface area (Å²) in [5.41, 5.74) is 1.69. The van der Waals surface area contributed by atoms with E-state index >= 15 is 0 Å². The summed E-state index contributed by atoms with van der Waals surface area (Å²) in [5, 5.41) is 3.41. The zero-order valence-corrected chi connectivity index (χ0v) is 12.1. The lowest BCUT2D eigenvalue weighted by Gasteiger charge is -2.08. The highest BCUT2D eigenvalue weighted by Gasteiger charge is 2.13. The molecule has 4 nitrogen and oxygen atoms in total. The second kappa shape index (κ2) is 6.26. The maximum atomic E-state index is 11.8. The van der Waals surface area contributed by atoms with Gasteiger partial charge >= 0.3 is 0 Å². The SMILES string of the molecule is CCNC(=O)Cn1c(CCCl)nc2cc(Cl)ccc21. The molecule has 0 saturated heterocycles. The monoisotopic (exact) mass is 299 g/mol. The predicted octanol–water partition coefficient (Wildman–Crippen LogP) is 2.61. The van der Waals surface area contributed by atoms with Gasteiger partial charge in [0.25, 0.3) is 0 Å². The second-order valence-electron chi connectivity index (χ2n) is 4.14. The number of aryl methyl sites for hydroxylation is 1. The summed E-state index contributed by atoms with van der Waals surface area (Å²) >= 11 is 11.7. The van der Waals surface area contributed by atoms with E-state index in [4.69, 9.17) is 23.2 Å². The number of fused-ring (bicyclic) bond motifs is 1. The first-order valence-electron chi connectivity index (χ1n) is 6.13. The molecule has 6 heteroatoms. The van der Waals surface area contributed by atoms with Gasteiger partial charge in [-0.05, 0) is 25.1 Å². The molecule has 0 unspecified atom stereocenters. The molecular weight excluding hydrogens is 285 g/mol. The highest BCUT2D eigenvalue weighted by molar-refractivity contribution is 6.31. The molecule has 0 radical (unpaired) electrons. The van der Waals surface area contributed by atoms with E-state index in [1.807, 2.05) is 17.6 Å². The van der Waals surface area contributed by atoms with Gasteiger partial charge in [-0.2, -0.15) is 0 Å². The molecular formula is C13H15Cl2N3O. The molecule has 0 aliphatic carbocycles. The summed E-state index contributed by atoms with van der Waals surface area (Å²) in [5.74, 6) is 1.23. The van der Waals surface area contributed by atoms with E-state index in [2.05, 4.69) is 10.3 Å². The molecule has 2 rings (SSSR count). The van der Waals surface area contributed by atoms with Gasteiger partial charge in [0.15, 0.2) is 0 Å². The Hall–Kier alpha value is -1.26. The fourth-order valence-corrected chi connectivity index (χ4v) is 2.34. The lowest BCUT2D eigenvalue weighted by Crippen LogP contribution is -2.27. The summed E-state index contributed by atoms with van der Waals surface area (Å²) in [6, 6.07) is 5.47. The third-order valence-corrected chi connectivity index (χ3v) is 3.21. The quantitative estimate of drug-likeness (QED) is 0.863. The molecule has 1 N–H and O–H groups in total. The largest absolute Gasteiger partial charge is 0.355 e. The topological polar surface area (TPSA) is 46.9 Å².